The van der Waals surface area contributed by atoms with Gasteiger partial charge in [0.05, 0.1) is 12.2 Å². The molecular weight excluding hydrogens is 567 g/mol. The Morgan fingerprint density at radius 3 is 2.35 bits per heavy atom. The van der Waals surface area contributed by atoms with Crippen LogP contribution in [0.15, 0.2) is 42.6 Å². The third-order valence-corrected chi connectivity index (χ3v) is 7.57. The molecule has 2 aromatic heterocycles. The number of nitrogens with zero attached hydrogens (tertiary/aromatic N) is 6. The number of rotatable bonds is 10. The number of halogens is 3. The van der Waals surface area contributed by atoms with Gasteiger partial charge in [0, 0.05) is 58.2 Å². The minimum absolute atomic E-state index is 0.0390. The largest absolute Gasteiger partial charge is 0.454 e. The van der Waals surface area contributed by atoms with Gasteiger partial charge in [0.2, 0.25) is 0 Å². The number of carbonyl (C=O) groups is 2. The van der Waals surface area contributed by atoms with Crippen LogP contribution >= 0.6 is 0 Å². The minimum atomic E-state index is -3.20. The molecule has 1 aromatic carbocycles. The van der Waals surface area contributed by atoms with E-state index in [1.165, 1.54) is 12.1 Å². The summed E-state index contributed by atoms with van der Waals surface area (Å²) in [6.07, 6.45) is -2.66. The van der Waals surface area contributed by atoms with Crippen LogP contribution in [0.4, 0.5) is 13.2 Å². The lowest BCUT2D eigenvalue weighted by Crippen LogP contribution is -2.48. The van der Waals surface area contributed by atoms with Crippen LogP contribution < -0.4 is 10.1 Å². The van der Waals surface area contributed by atoms with Crippen LogP contribution in [-0.4, -0.2) is 99.8 Å². The van der Waals surface area contributed by atoms with Crippen molar-refractivity contribution < 1.29 is 32.2 Å². The topological polar surface area (TPSA) is 115 Å². The van der Waals surface area contributed by atoms with E-state index in [9.17, 15) is 22.8 Å². The second-order valence-corrected chi connectivity index (χ2v) is 10.6. The second kappa shape index (κ2) is 14.0. The maximum absolute atomic E-state index is 13.2. The summed E-state index contributed by atoms with van der Waals surface area (Å²) in [6, 6.07) is 9.92. The fourth-order valence-corrected chi connectivity index (χ4v) is 5.01. The first-order valence-corrected chi connectivity index (χ1v) is 14.2. The van der Waals surface area contributed by atoms with E-state index in [-0.39, 0.29) is 23.6 Å². The van der Waals surface area contributed by atoms with Gasteiger partial charge in [0.15, 0.2) is 5.69 Å². The van der Waals surface area contributed by atoms with Crippen molar-refractivity contribution in [3.8, 4) is 5.75 Å². The molecule has 2 fully saturated rings. The number of nitrogens with one attached hydrogen (secondary N) is 1. The van der Waals surface area contributed by atoms with Crippen molar-refractivity contribution in [1.29, 1.82) is 0 Å². The molecule has 5 rings (SSSR count). The monoisotopic (exact) mass is 601 g/mol. The third kappa shape index (κ3) is 7.87. The van der Waals surface area contributed by atoms with Crippen LogP contribution in [0.5, 0.6) is 5.75 Å². The summed E-state index contributed by atoms with van der Waals surface area (Å²) < 4.78 is 49.3. The van der Waals surface area contributed by atoms with Crippen molar-refractivity contribution in [1.82, 2.24) is 35.1 Å². The van der Waals surface area contributed by atoms with E-state index < -0.39 is 12.8 Å². The normalized spacial score (nSPS) is 17.2. The van der Waals surface area contributed by atoms with Crippen molar-refractivity contribution in [3.63, 3.8) is 0 Å². The van der Waals surface area contributed by atoms with Gasteiger partial charge in [-0.15, -0.1) is 5.10 Å². The van der Waals surface area contributed by atoms with Crippen LogP contribution in [0.25, 0.3) is 0 Å². The first-order valence-electron chi connectivity index (χ1n) is 14.2. The quantitative estimate of drug-likeness (QED) is 0.378. The lowest BCUT2D eigenvalue weighted by molar-refractivity contribution is -0.0669. The summed E-state index contributed by atoms with van der Waals surface area (Å²) >= 11 is 0. The molecule has 11 nitrogen and oxygen atoms in total. The summed E-state index contributed by atoms with van der Waals surface area (Å²) in [6.45, 7) is 6.30. The number of alkyl halides is 3. The number of hydrogen-bond acceptors (Lipinski definition) is 8. The van der Waals surface area contributed by atoms with Gasteiger partial charge in [0.25, 0.3) is 18.2 Å². The Balaban J connectivity index is 1.10. The van der Waals surface area contributed by atoms with E-state index in [1.54, 1.807) is 40.9 Å². The molecule has 0 bridgehead atoms. The highest BCUT2D eigenvalue weighted by molar-refractivity contribution is 5.93. The van der Waals surface area contributed by atoms with E-state index in [2.05, 4.69) is 30.2 Å². The van der Waals surface area contributed by atoms with Crippen LogP contribution in [-0.2, 0) is 17.8 Å². The fraction of sp³-hybridized carbons (Fsp3) is 0.483. The molecule has 1 unspecified atom stereocenters. The molecule has 0 saturated carbocycles. The number of piperazine rings is 1. The zero-order chi connectivity index (χ0) is 30.3. The number of pyridine rings is 1. The molecule has 2 aliphatic rings. The maximum atomic E-state index is 13.2. The molecule has 43 heavy (non-hydrogen) atoms. The predicted molar refractivity (Wildman–Crippen MR) is 149 cm³/mol. The lowest BCUT2D eigenvalue weighted by atomic mass is 10.1. The van der Waals surface area contributed by atoms with Gasteiger partial charge in [-0.3, -0.25) is 19.5 Å². The Morgan fingerprint density at radius 2 is 1.70 bits per heavy atom. The summed E-state index contributed by atoms with van der Waals surface area (Å²) in [7, 11) is 0. The molecule has 1 atom stereocenters. The van der Waals surface area contributed by atoms with Gasteiger partial charge < -0.3 is 19.7 Å². The van der Waals surface area contributed by atoms with Crippen LogP contribution in [0.1, 0.15) is 50.6 Å². The van der Waals surface area contributed by atoms with Gasteiger partial charge in [-0.2, -0.15) is 4.39 Å². The lowest BCUT2D eigenvalue weighted by Gasteiger charge is -2.34. The molecule has 3 aromatic rings. The predicted octanol–water partition coefficient (Wildman–Crippen LogP) is 2.84. The van der Waals surface area contributed by atoms with E-state index >= 15 is 0 Å². The molecule has 0 radical (unpaired) electrons. The standard InChI is InChI=1S/C29H34F3N7O4/c1-19-25(35-36-39(19)18-21-4-7-24(33-16-21)28(40)34-22-8-14-42-15-9-22)29(41)38-12-10-37(11-13-38)17-20-2-5-23(6-3-20)43-27(32)26(30)31/h2-7,16,22,26-27H,8-15,17-18H2,1H3,(H,34,40). The highest BCUT2D eigenvalue weighted by Crippen LogP contribution is 2.19. The molecule has 14 heteroatoms. The highest BCUT2D eigenvalue weighted by atomic mass is 19.3. The summed E-state index contributed by atoms with van der Waals surface area (Å²) in [5, 5.41) is 11.3. The van der Waals surface area contributed by atoms with Crippen molar-refractivity contribution in [2.24, 2.45) is 0 Å². The Hall–Kier alpha value is -4.04. The third-order valence-electron chi connectivity index (χ3n) is 7.57. The van der Waals surface area contributed by atoms with Crippen LogP contribution in [0, 0.1) is 6.92 Å². The molecule has 0 aliphatic carbocycles. The molecule has 2 saturated heterocycles. The van der Waals surface area contributed by atoms with Crippen LogP contribution in [0.3, 0.4) is 0 Å². The minimum Gasteiger partial charge on any atom is -0.454 e. The zero-order valence-corrected chi connectivity index (χ0v) is 23.8. The molecule has 1 N–H and O–H groups in total. The van der Waals surface area contributed by atoms with E-state index in [0.29, 0.717) is 69.6 Å². The molecule has 0 spiro atoms. The average Bonchev–Trinajstić information content (AvgIpc) is 3.38. The number of benzene rings is 1. The van der Waals surface area contributed by atoms with Crippen molar-refractivity contribution in [2.75, 3.05) is 39.4 Å². The van der Waals surface area contributed by atoms with Crippen LogP contribution in [0.2, 0.25) is 0 Å². The summed E-state index contributed by atoms with van der Waals surface area (Å²) in [5.74, 6) is -0.366. The zero-order valence-electron chi connectivity index (χ0n) is 23.8. The first-order chi connectivity index (χ1) is 20.8. The van der Waals surface area contributed by atoms with Crippen molar-refractivity contribution >= 4 is 11.8 Å². The van der Waals surface area contributed by atoms with Gasteiger partial charge in [-0.1, -0.05) is 23.4 Å². The molecule has 4 heterocycles. The summed E-state index contributed by atoms with van der Waals surface area (Å²) in [4.78, 5) is 34.0. The number of aromatic nitrogens is 4. The van der Waals surface area contributed by atoms with Crippen molar-refractivity contribution in [3.05, 3.63) is 70.8 Å². The van der Waals surface area contributed by atoms with Gasteiger partial charge in [-0.05, 0) is 49.1 Å². The number of ether oxygens (including phenoxy) is 2. The smallest absolute Gasteiger partial charge is 0.304 e. The Morgan fingerprint density at radius 1 is 1.00 bits per heavy atom. The number of amides is 2. The fourth-order valence-electron chi connectivity index (χ4n) is 5.01. The number of hydrogen-bond donors (Lipinski definition) is 1. The Kier molecular flexibility index (Phi) is 9.87. The first kappa shape index (κ1) is 30.4. The van der Waals surface area contributed by atoms with Gasteiger partial charge >= 0.3 is 6.43 Å². The van der Waals surface area contributed by atoms with Gasteiger partial charge in [0.1, 0.15) is 11.4 Å². The second-order valence-electron chi connectivity index (χ2n) is 10.6. The number of carbonyl (C=O) groups excluding carboxylic acids is 2. The van der Waals surface area contributed by atoms with E-state index in [1.807, 2.05) is 6.07 Å². The summed E-state index contributed by atoms with van der Waals surface area (Å²) in [5.41, 5.74) is 3.01. The molecule has 2 aliphatic heterocycles. The maximum Gasteiger partial charge on any atom is 0.304 e. The van der Waals surface area contributed by atoms with Gasteiger partial charge in [-0.25, -0.2) is 13.5 Å². The van der Waals surface area contributed by atoms with Crippen molar-refractivity contribution in [2.45, 2.75) is 51.7 Å². The van der Waals surface area contributed by atoms with E-state index in [0.717, 1.165) is 24.0 Å². The molecule has 230 valence electrons. The Bertz CT molecular complexity index is 1370. The SMILES string of the molecule is Cc1c(C(=O)N2CCN(Cc3ccc(OC(F)C(F)F)cc3)CC2)nnn1Cc1ccc(C(=O)NC2CCOCC2)nc1. The van der Waals surface area contributed by atoms with E-state index in [4.69, 9.17) is 4.74 Å². The Labute approximate surface area is 247 Å². The molecule has 2 amide bonds. The highest BCUT2D eigenvalue weighted by Gasteiger charge is 2.27. The molecular formula is C29H34F3N7O4. The average molecular weight is 602 g/mol.